The zero-order valence-electron chi connectivity index (χ0n) is 12.9. The molecule has 124 valence electrons. The first-order chi connectivity index (χ1) is 11.4. The number of hydrogen-bond donors (Lipinski definition) is 2. The van der Waals surface area contributed by atoms with Crippen LogP contribution in [-0.4, -0.2) is 19.5 Å². The number of nitriles is 1. The van der Waals surface area contributed by atoms with E-state index in [4.69, 9.17) is 28.5 Å². The van der Waals surface area contributed by atoms with Crippen molar-refractivity contribution in [2.45, 2.75) is 6.54 Å². The van der Waals surface area contributed by atoms with Gasteiger partial charge < -0.3 is 10.2 Å². The third-order valence-corrected chi connectivity index (χ3v) is 3.97. The van der Waals surface area contributed by atoms with Gasteiger partial charge in [0.05, 0.1) is 28.9 Å². The van der Waals surface area contributed by atoms with E-state index in [0.717, 1.165) is 4.90 Å². The largest absolute Gasteiger partial charge is 0.326 e. The number of nitrogens with one attached hydrogen (secondary N) is 2. The fraction of sp³-hybridized carbons (Fsp3) is 0.176. The minimum atomic E-state index is -0.399. The van der Waals surface area contributed by atoms with E-state index in [2.05, 4.69) is 5.32 Å². The average molecular weight is 367 g/mol. The van der Waals surface area contributed by atoms with Gasteiger partial charge in [-0.3, -0.25) is 4.79 Å². The number of hydrogen-bond acceptors (Lipinski definition) is 2. The van der Waals surface area contributed by atoms with Crippen LogP contribution in [0.25, 0.3) is 0 Å². The van der Waals surface area contributed by atoms with E-state index in [1.807, 2.05) is 6.07 Å². The Bertz CT molecular complexity index is 785. The minimum Gasteiger partial charge on any atom is -0.326 e. The molecular weight excluding hydrogens is 352 g/mol. The number of carbonyl (C=O) groups excluding carboxylic acids is 1. The second-order valence-electron chi connectivity index (χ2n) is 5.36. The molecule has 0 saturated heterocycles. The van der Waals surface area contributed by atoms with Gasteiger partial charge in [0, 0.05) is 5.02 Å². The van der Waals surface area contributed by atoms with Gasteiger partial charge in [-0.25, -0.2) is 4.39 Å². The van der Waals surface area contributed by atoms with E-state index < -0.39 is 5.82 Å². The molecule has 0 aliphatic rings. The molecule has 0 heterocycles. The van der Waals surface area contributed by atoms with Gasteiger partial charge in [0.1, 0.15) is 18.4 Å². The predicted molar refractivity (Wildman–Crippen MR) is 91.7 cm³/mol. The Morgan fingerprint density at radius 2 is 2.08 bits per heavy atom. The van der Waals surface area contributed by atoms with Crippen LogP contribution in [0.15, 0.2) is 36.4 Å². The quantitative estimate of drug-likeness (QED) is 0.854. The molecule has 0 saturated carbocycles. The molecule has 1 atom stereocenters. The molecule has 0 fully saturated rings. The van der Waals surface area contributed by atoms with Crippen molar-refractivity contribution < 1.29 is 14.1 Å². The van der Waals surface area contributed by atoms with Gasteiger partial charge >= 0.3 is 0 Å². The Labute approximate surface area is 149 Å². The maximum absolute atomic E-state index is 13.8. The number of nitrogens with zero attached hydrogens (tertiary/aromatic N) is 1. The minimum absolute atomic E-state index is 0.0854. The summed E-state index contributed by atoms with van der Waals surface area (Å²) >= 11 is 11.9. The highest BCUT2D eigenvalue weighted by atomic mass is 35.5. The first kappa shape index (κ1) is 18.2. The van der Waals surface area contributed by atoms with Crippen molar-refractivity contribution in [3.63, 3.8) is 0 Å². The Kier molecular flexibility index (Phi) is 6.16. The monoisotopic (exact) mass is 366 g/mol. The van der Waals surface area contributed by atoms with Crippen molar-refractivity contribution in [3.05, 3.63) is 63.4 Å². The van der Waals surface area contributed by atoms with Crippen molar-refractivity contribution in [2.24, 2.45) is 0 Å². The van der Waals surface area contributed by atoms with Crippen molar-refractivity contribution in [1.82, 2.24) is 0 Å². The molecule has 0 aliphatic heterocycles. The lowest BCUT2D eigenvalue weighted by atomic mass is 10.2. The maximum atomic E-state index is 13.8. The summed E-state index contributed by atoms with van der Waals surface area (Å²) in [5, 5.41) is 12.5. The van der Waals surface area contributed by atoms with E-state index in [9.17, 15) is 9.18 Å². The number of halogens is 3. The average Bonchev–Trinajstić information content (AvgIpc) is 2.51. The highest BCUT2D eigenvalue weighted by Crippen LogP contribution is 2.20. The second-order valence-corrected chi connectivity index (χ2v) is 6.20. The maximum Gasteiger partial charge on any atom is 0.279 e. The van der Waals surface area contributed by atoms with Crippen molar-refractivity contribution in [3.8, 4) is 6.07 Å². The molecule has 0 aromatic heterocycles. The standard InChI is InChI=1S/C17H14Cl2FN3O/c1-23(9-13-14(19)3-2-4-15(13)20)10-17(24)22-16-7-12(18)6-5-11(16)8-21/h2-7H,9-10H2,1H3,(H,22,24)/p+1. The summed E-state index contributed by atoms with van der Waals surface area (Å²) in [5.74, 6) is -0.706. The lowest BCUT2D eigenvalue weighted by Crippen LogP contribution is -3.08. The number of likely N-dealkylation sites (N-methyl/N-ethyl adjacent to an activating group) is 1. The molecule has 2 aromatic rings. The predicted octanol–water partition coefficient (Wildman–Crippen LogP) is 2.66. The van der Waals surface area contributed by atoms with Crippen LogP contribution in [0.1, 0.15) is 11.1 Å². The molecule has 2 rings (SSSR count). The number of carbonyl (C=O) groups is 1. The topological polar surface area (TPSA) is 57.3 Å². The number of benzene rings is 2. The number of rotatable bonds is 5. The molecular formula is C17H15Cl2FN3O+. The molecule has 7 heteroatoms. The summed E-state index contributed by atoms with van der Waals surface area (Å²) < 4.78 is 13.8. The summed E-state index contributed by atoms with van der Waals surface area (Å²) in [4.78, 5) is 12.9. The van der Waals surface area contributed by atoms with E-state index >= 15 is 0 Å². The highest BCUT2D eigenvalue weighted by molar-refractivity contribution is 6.31. The molecule has 0 bridgehead atoms. The molecule has 2 aromatic carbocycles. The lowest BCUT2D eigenvalue weighted by molar-refractivity contribution is -0.885. The second kappa shape index (κ2) is 8.11. The van der Waals surface area contributed by atoms with Crippen LogP contribution >= 0.6 is 23.2 Å². The van der Waals surface area contributed by atoms with Gasteiger partial charge in [-0.05, 0) is 30.3 Å². The highest BCUT2D eigenvalue weighted by Gasteiger charge is 2.16. The molecule has 0 spiro atoms. The number of anilines is 1. The smallest absolute Gasteiger partial charge is 0.279 e. The summed E-state index contributed by atoms with van der Waals surface area (Å²) in [6.45, 7) is 0.349. The van der Waals surface area contributed by atoms with Crippen molar-refractivity contribution in [2.75, 3.05) is 18.9 Å². The third-order valence-electron chi connectivity index (χ3n) is 3.38. The van der Waals surface area contributed by atoms with Gasteiger partial charge in [-0.1, -0.05) is 29.3 Å². The SMILES string of the molecule is C[NH+](CC(=O)Nc1cc(Cl)ccc1C#N)Cc1c(F)cccc1Cl. The first-order valence-electron chi connectivity index (χ1n) is 7.14. The normalized spacial score (nSPS) is 11.6. The Balaban J connectivity index is 2.02. The van der Waals surface area contributed by atoms with Crippen LogP contribution in [0.4, 0.5) is 10.1 Å². The summed E-state index contributed by atoms with van der Waals surface area (Å²) in [6, 6.07) is 11.1. The first-order valence-corrected chi connectivity index (χ1v) is 7.90. The van der Waals surface area contributed by atoms with E-state index in [1.165, 1.54) is 24.3 Å². The van der Waals surface area contributed by atoms with Gasteiger partial charge in [0.25, 0.3) is 5.91 Å². The van der Waals surface area contributed by atoms with Gasteiger partial charge in [-0.2, -0.15) is 5.26 Å². The molecule has 1 amide bonds. The Hall–Kier alpha value is -2.13. The van der Waals surface area contributed by atoms with E-state index in [-0.39, 0.29) is 19.0 Å². The summed E-state index contributed by atoms with van der Waals surface area (Å²) in [5.41, 5.74) is 1.04. The molecule has 24 heavy (non-hydrogen) atoms. The third kappa shape index (κ3) is 4.68. The molecule has 1 unspecified atom stereocenters. The van der Waals surface area contributed by atoms with Crippen molar-refractivity contribution >= 4 is 34.8 Å². The molecule has 4 nitrogen and oxygen atoms in total. The van der Waals surface area contributed by atoms with E-state index in [0.29, 0.717) is 26.9 Å². The molecule has 0 aliphatic carbocycles. The van der Waals surface area contributed by atoms with Crippen molar-refractivity contribution in [1.29, 1.82) is 5.26 Å². The van der Waals surface area contributed by atoms with Crippen LogP contribution < -0.4 is 10.2 Å². The lowest BCUT2D eigenvalue weighted by Gasteiger charge is -2.15. The van der Waals surface area contributed by atoms with Crippen LogP contribution in [0, 0.1) is 17.1 Å². The molecule has 2 N–H and O–H groups in total. The van der Waals surface area contributed by atoms with E-state index in [1.54, 1.807) is 19.2 Å². The van der Waals surface area contributed by atoms with Crippen LogP contribution in [0.5, 0.6) is 0 Å². The zero-order valence-corrected chi connectivity index (χ0v) is 14.4. The zero-order chi connectivity index (χ0) is 17.7. The fourth-order valence-corrected chi connectivity index (χ4v) is 2.65. The van der Waals surface area contributed by atoms with Gasteiger partial charge in [-0.15, -0.1) is 0 Å². The molecule has 0 radical (unpaired) electrons. The number of amides is 1. The summed E-state index contributed by atoms with van der Waals surface area (Å²) in [6.07, 6.45) is 0. The Morgan fingerprint density at radius 3 is 2.75 bits per heavy atom. The van der Waals surface area contributed by atoms with Gasteiger partial charge in [0.15, 0.2) is 6.54 Å². The van der Waals surface area contributed by atoms with Crippen LogP contribution in [0.2, 0.25) is 10.0 Å². The van der Waals surface area contributed by atoms with Crippen LogP contribution in [0.3, 0.4) is 0 Å². The Morgan fingerprint density at radius 1 is 1.33 bits per heavy atom. The fourth-order valence-electron chi connectivity index (χ4n) is 2.25. The van der Waals surface area contributed by atoms with Crippen LogP contribution in [-0.2, 0) is 11.3 Å². The number of quaternary nitrogens is 1. The van der Waals surface area contributed by atoms with Gasteiger partial charge in [0.2, 0.25) is 0 Å². The summed E-state index contributed by atoms with van der Waals surface area (Å²) in [7, 11) is 1.76.